The molecular formula is C14H22N2OS. The molecule has 0 fully saturated rings. The number of thiocarbonyl (C=S) groups is 1. The molecule has 0 bridgehead atoms. The van der Waals surface area contributed by atoms with Crippen LogP contribution in [0.4, 0.5) is 0 Å². The minimum atomic E-state index is 0.193. The number of aliphatic hydroxyl groups excluding tert-OH is 1. The Labute approximate surface area is 115 Å². The SMILES string of the molecule is CCCCN(CCO)Cc1cccc(C(N)=S)c1. The number of aliphatic hydroxyl groups is 1. The van der Waals surface area contributed by atoms with Crippen LogP contribution in [0, 0.1) is 0 Å². The van der Waals surface area contributed by atoms with Crippen LogP contribution in [0.2, 0.25) is 0 Å². The van der Waals surface area contributed by atoms with Gasteiger partial charge < -0.3 is 10.8 Å². The second kappa shape index (κ2) is 8.19. The zero-order valence-corrected chi connectivity index (χ0v) is 11.7. The largest absolute Gasteiger partial charge is 0.395 e. The molecule has 1 aromatic carbocycles. The lowest BCUT2D eigenvalue weighted by Gasteiger charge is -2.21. The third-order valence-electron chi connectivity index (χ3n) is 2.86. The fourth-order valence-electron chi connectivity index (χ4n) is 1.87. The number of nitrogens with two attached hydrogens (primary N) is 1. The summed E-state index contributed by atoms with van der Waals surface area (Å²) >= 11 is 4.98. The maximum Gasteiger partial charge on any atom is 0.103 e. The van der Waals surface area contributed by atoms with Gasteiger partial charge in [0.05, 0.1) is 6.61 Å². The molecule has 3 N–H and O–H groups in total. The monoisotopic (exact) mass is 266 g/mol. The Hall–Kier alpha value is -0.970. The summed E-state index contributed by atoms with van der Waals surface area (Å²) in [4.78, 5) is 2.68. The molecule has 18 heavy (non-hydrogen) atoms. The van der Waals surface area contributed by atoms with Crippen LogP contribution in [0.1, 0.15) is 30.9 Å². The summed E-state index contributed by atoms with van der Waals surface area (Å²) in [6.07, 6.45) is 2.31. The van der Waals surface area contributed by atoms with Crippen molar-refractivity contribution in [2.24, 2.45) is 5.73 Å². The van der Waals surface area contributed by atoms with E-state index in [0.29, 0.717) is 11.5 Å². The Morgan fingerprint density at radius 2 is 2.17 bits per heavy atom. The molecule has 0 atom stereocenters. The van der Waals surface area contributed by atoms with Crippen molar-refractivity contribution in [3.8, 4) is 0 Å². The van der Waals surface area contributed by atoms with Crippen LogP contribution in [0.15, 0.2) is 24.3 Å². The topological polar surface area (TPSA) is 49.5 Å². The molecule has 0 aliphatic heterocycles. The zero-order chi connectivity index (χ0) is 13.4. The fraction of sp³-hybridized carbons (Fsp3) is 0.500. The summed E-state index contributed by atoms with van der Waals surface area (Å²) < 4.78 is 0. The summed E-state index contributed by atoms with van der Waals surface area (Å²) in [7, 11) is 0. The van der Waals surface area contributed by atoms with E-state index in [2.05, 4.69) is 17.9 Å². The highest BCUT2D eigenvalue weighted by Crippen LogP contribution is 2.09. The van der Waals surface area contributed by atoms with E-state index in [0.717, 1.165) is 31.5 Å². The molecule has 0 amide bonds. The van der Waals surface area contributed by atoms with Crippen LogP contribution in [0.25, 0.3) is 0 Å². The third-order valence-corrected chi connectivity index (χ3v) is 3.10. The van der Waals surface area contributed by atoms with Crippen molar-refractivity contribution in [3.05, 3.63) is 35.4 Å². The minimum Gasteiger partial charge on any atom is -0.395 e. The molecule has 0 radical (unpaired) electrons. The van der Waals surface area contributed by atoms with Crippen molar-refractivity contribution < 1.29 is 5.11 Å². The first-order valence-corrected chi connectivity index (χ1v) is 6.80. The first-order chi connectivity index (χ1) is 8.67. The van der Waals surface area contributed by atoms with E-state index < -0.39 is 0 Å². The molecule has 0 saturated carbocycles. The smallest absolute Gasteiger partial charge is 0.103 e. The molecule has 4 heteroatoms. The highest BCUT2D eigenvalue weighted by molar-refractivity contribution is 7.80. The molecule has 3 nitrogen and oxygen atoms in total. The van der Waals surface area contributed by atoms with E-state index in [4.69, 9.17) is 23.1 Å². The van der Waals surface area contributed by atoms with Crippen LogP contribution in [-0.4, -0.2) is 34.7 Å². The van der Waals surface area contributed by atoms with E-state index in [1.807, 2.05) is 18.2 Å². The standard InChI is InChI=1S/C14H22N2OS/c1-2-3-7-16(8-9-17)11-12-5-4-6-13(10-12)14(15)18/h4-6,10,17H,2-3,7-9,11H2,1H3,(H2,15,18). The Kier molecular flexibility index (Phi) is 6.86. The lowest BCUT2D eigenvalue weighted by molar-refractivity contribution is 0.188. The van der Waals surface area contributed by atoms with Crippen molar-refractivity contribution in [2.75, 3.05) is 19.7 Å². The molecule has 0 heterocycles. The second-order valence-corrected chi connectivity index (χ2v) is 4.86. The Balaban J connectivity index is 2.67. The number of rotatable bonds is 8. The van der Waals surface area contributed by atoms with Crippen molar-refractivity contribution in [3.63, 3.8) is 0 Å². The first-order valence-electron chi connectivity index (χ1n) is 6.39. The van der Waals surface area contributed by atoms with Crippen molar-refractivity contribution >= 4 is 17.2 Å². The Morgan fingerprint density at radius 3 is 2.78 bits per heavy atom. The van der Waals surface area contributed by atoms with E-state index in [1.165, 1.54) is 5.56 Å². The average molecular weight is 266 g/mol. The van der Waals surface area contributed by atoms with Gasteiger partial charge in [-0.1, -0.05) is 43.8 Å². The predicted molar refractivity (Wildman–Crippen MR) is 79.6 cm³/mol. The number of benzene rings is 1. The molecular weight excluding hydrogens is 244 g/mol. The van der Waals surface area contributed by atoms with Crippen LogP contribution < -0.4 is 5.73 Å². The Bertz CT molecular complexity index is 382. The number of hydrogen-bond donors (Lipinski definition) is 2. The van der Waals surface area contributed by atoms with Gasteiger partial charge in [-0.2, -0.15) is 0 Å². The van der Waals surface area contributed by atoms with Gasteiger partial charge in [0, 0.05) is 18.7 Å². The van der Waals surface area contributed by atoms with Gasteiger partial charge in [-0.25, -0.2) is 0 Å². The summed E-state index contributed by atoms with van der Waals surface area (Å²) in [6.45, 7) is 4.91. The molecule has 0 aliphatic rings. The van der Waals surface area contributed by atoms with Gasteiger partial charge in [-0.05, 0) is 24.6 Å². The molecule has 0 spiro atoms. The summed E-state index contributed by atoms with van der Waals surface area (Å²) in [5.74, 6) is 0. The van der Waals surface area contributed by atoms with Crippen LogP contribution >= 0.6 is 12.2 Å². The van der Waals surface area contributed by atoms with Crippen LogP contribution in [0.5, 0.6) is 0 Å². The third kappa shape index (κ3) is 5.12. The van der Waals surface area contributed by atoms with Gasteiger partial charge in [0.15, 0.2) is 0 Å². The van der Waals surface area contributed by atoms with Crippen LogP contribution in [0.3, 0.4) is 0 Å². The van der Waals surface area contributed by atoms with Gasteiger partial charge >= 0.3 is 0 Å². The number of unbranched alkanes of at least 4 members (excludes halogenated alkanes) is 1. The number of nitrogens with zero attached hydrogens (tertiary/aromatic N) is 1. The van der Waals surface area contributed by atoms with Crippen molar-refractivity contribution in [1.29, 1.82) is 0 Å². The van der Waals surface area contributed by atoms with Crippen LogP contribution in [-0.2, 0) is 6.54 Å². The highest BCUT2D eigenvalue weighted by Gasteiger charge is 2.06. The van der Waals surface area contributed by atoms with Crippen molar-refractivity contribution in [1.82, 2.24) is 4.90 Å². The summed E-state index contributed by atoms with van der Waals surface area (Å²) in [5, 5.41) is 9.07. The minimum absolute atomic E-state index is 0.193. The lowest BCUT2D eigenvalue weighted by Crippen LogP contribution is -2.27. The number of hydrogen-bond acceptors (Lipinski definition) is 3. The van der Waals surface area contributed by atoms with Gasteiger partial charge in [-0.15, -0.1) is 0 Å². The Morgan fingerprint density at radius 1 is 1.39 bits per heavy atom. The summed E-state index contributed by atoms with van der Waals surface area (Å²) in [5.41, 5.74) is 7.72. The van der Waals surface area contributed by atoms with E-state index in [9.17, 15) is 0 Å². The maximum absolute atomic E-state index is 9.07. The van der Waals surface area contributed by atoms with E-state index in [-0.39, 0.29) is 6.61 Å². The first kappa shape index (κ1) is 15.1. The molecule has 0 unspecified atom stereocenters. The molecule has 1 aromatic rings. The molecule has 100 valence electrons. The van der Waals surface area contributed by atoms with Gasteiger partial charge in [0.1, 0.15) is 4.99 Å². The average Bonchev–Trinajstić information content (AvgIpc) is 2.36. The predicted octanol–water partition coefficient (Wildman–Crippen LogP) is 1.92. The zero-order valence-electron chi connectivity index (χ0n) is 10.9. The van der Waals surface area contributed by atoms with E-state index >= 15 is 0 Å². The highest BCUT2D eigenvalue weighted by atomic mass is 32.1. The second-order valence-electron chi connectivity index (χ2n) is 4.42. The molecule has 1 rings (SSSR count). The molecule has 0 saturated heterocycles. The summed E-state index contributed by atoms with van der Waals surface area (Å²) in [6, 6.07) is 7.99. The lowest BCUT2D eigenvalue weighted by atomic mass is 10.1. The quantitative estimate of drug-likeness (QED) is 0.706. The maximum atomic E-state index is 9.07. The van der Waals surface area contributed by atoms with Gasteiger partial charge in [0.25, 0.3) is 0 Å². The van der Waals surface area contributed by atoms with Gasteiger partial charge in [-0.3, -0.25) is 4.90 Å². The van der Waals surface area contributed by atoms with Crippen molar-refractivity contribution in [2.45, 2.75) is 26.3 Å². The molecule has 0 aliphatic carbocycles. The molecule has 0 aromatic heterocycles. The normalized spacial score (nSPS) is 10.8. The fourth-order valence-corrected chi connectivity index (χ4v) is 2.00. The van der Waals surface area contributed by atoms with E-state index in [1.54, 1.807) is 0 Å². The van der Waals surface area contributed by atoms with Gasteiger partial charge in [0.2, 0.25) is 0 Å².